The predicted molar refractivity (Wildman–Crippen MR) is 88.8 cm³/mol. The van der Waals surface area contributed by atoms with Crippen LogP contribution in [0.1, 0.15) is 53.6 Å². The topological polar surface area (TPSA) is 64.1 Å². The van der Waals surface area contributed by atoms with Crippen molar-refractivity contribution in [1.29, 1.82) is 0 Å². The van der Waals surface area contributed by atoms with Gasteiger partial charge in [0.1, 0.15) is 5.69 Å². The molecular weight excluding hydrogens is 371 g/mol. The van der Waals surface area contributed by atoms with Gasteiger partial charge >= 0.3 is 6.18 Å². The van der Waals surface area contributed by atoms with Gasteiger partial charge in [-0.1, -0.05) is 11.6 Å². The summed E-state index contributed by atoms with van der Waals surface area (Å²) in [5.41, 5.74) is -6.91. The van der Waals surface area contributed by atoms with E-state index in [0.717, 1.165) is 0 Å². The van der Waals surface area contributed by atoms with Crippen molar-refractivity contribution in [3.8, 4) is 0 Å². The van der Waals surface area contributed by atoms with Gasteiger partial charge < -0.3 is 0 Å². The van der Waals surface area contributed by atoms with Crippen molar-refractivity contribution in [2.45, 2.75) is 40.8 Å². The second-order valence-corrected chi connectivity index (χ2v) is 7.33. The second kappa shape index (κ2) is 6.01. The summed E-state index contributed by atoms with van der Waals surface area (Å²) in [4.78, 5) is 41.8. The van der Waals surface area contributed by atoms with Gasteiger partial charge in [0.15, 0.2) is 17.3 Å². The Morgan fingerprint density at radius 1 is 1.19 bits per heavy atom. The number of halogens is 4. The van der Waals surface area contributed by atoms with E-state index in [0.29, 0.717) is 0 Å². The van der Waals surface area contributed by atoms with Crippen LogP contribution < -0.4 is 0 Å². The second-order valence-electron chi connectivity index (χ2n) is 6.96. The van der Waals surface area contributed by atoms with E-state index in [9.17, 15) is 27.6 Å². The van der Waals surface area contributed by atoms with E-state index >= 15 is 0 Å². The van der Waals surface area contributed by atoms with Crippen molar-refractivity contribution in [2.24, 2.45) is 10.8 Å². The first-order valence-corrected chi connectivity index (χ1v) is 7.80. The molecule has 4 nitrogen and oxygen atoms in total. The molecule has 1 aromatic heterocycles. The Bertz CT molecular complexity index is 985. The fraction of sp³-hybridized carbons (Fsp3) is 0.444. The minimum Gasteiger partial charge on any atom is -0.298 e. The maximum absolute atomic E-state index is 13.1. The number of rotatable bonds is 2. The predicted octanol–water partition coefficient (Wildman–Crippen LogP) is 4.29. The lowest BCUT2D eigenvalue weighted by Gasteiger charge is -2.38. The van der Waals surface area contributed by atoms with Crippen molar-refractivity contribution in [1.82, 2.24) is 4.98 Å². The molecule has 140 valence electrons. The molecule has 0 fully saturated rings. The van der Waals surface area contributed by atoms with Crippen LogP contribution in [-0.4, -0.2) is 22.3 Å². The van der Waals surface area contributed by atoms with Crippen molar-refractivity contribution in [3.63, 3.8) is 0 Å². The quantitative estimate of drug-likeness (QED) is 0.427. The number of hydrogen-bond donors (Lipinski definition) is 0. The molecule has 0 N–H and O–H groups in total. The van der Waals surface area contributed by atoms with Gasteiger partial charge in [-0.15, -0.1) is 0 Å². The van der Waals surface area contributed by atoms with Gasteiger partial charge in [0.05, 0.1) is 19.1 Å². The molecule has 1 aliphatic rings. The van der Waals surface area contributed by atoms with Gasteiger partial charge in [-0.2, -0.15) is 13.2 Å². The van der Waals surface area contributed by atoms with Gasteiger partial charge in [0.25, 0.3) is 0 Å². The van der Waals surface area contributed by atoms with Crippen LogP contribution >= 0.6 is 11.6 Å². The number of Topliss-reactive ketones (excluding diaryl/α,β-unsaturated/α-hetero) is 3. The monoisotopic (exact) mass is 393 g/mol. The number of carbonyl (C=O) groups is 3. The number of alkyl halides is 3. The Morgan fingerprint density at radius 3 is 2.27 bits per heavy atom. The third-order valence-electron chi connectivity index (χ3n) is 4.26. The van der Waals surface area contributed by atoms with Crippen molar-refractivity contribution >= 4 is 29.0 Å². The SMILES string of the molecule is [3H]Cc1nc(C(F)(F)F)c([3H])c([3H])c1C(=O)C1=C(Cl)C(C)(C)C(=O)C(C)(C)C1=O. The van der Waals surface area contributed by atoms with E-state index in [1.165, 1.54) is 27.7 Å². The highest BCUT2D eigenvalue weighted by atomic mass is 35.5. The zero-order valence-corrected chi connectivity index (χ0v) is 15.1. The average Bonchev–Trinajstić information content (AvgIpc) is 2.60. The van der Waals surface area contributed by atoms with E-state index in [1.807, 2.05) is 0 Å². The molecular formula is C18H17ClF3NO3. The van der Waals surface area contributed by atoms with E-state index in [4.69, 9.17) is 15.7 Å². The van der Waals surface area contributed by atoms with E-state index in [1.54, 1.807) is 0 Å². The minimum absolute atomic E-state index is 0.404. The molecule has 0 spiro atoms. The molecule has 26 heavy (non-hydrogen) atoms. The fourth-order valence-corrected chi connectivity index (χ4v) is 3.03. The third-order valence-corrected chi connectivity index (χ3v) is 4.92. The Kier molecular flexibility index (Phi) is 3.74. The molecule has 1 heterocycles. The Morgan fingerprint density at radius 2 is 1.77 bits per heavy atom. The van der Waals surface area contributed by atoms with Crippen molar-refractivity contribution < 1.29 is 31.7 Å². The van der Waals surface area contributed by atoms with Gasteiger partial charge in [0.2, 0.25) is 0 Å². The van der Waals surface area contributed by atoms with Crippen LogP contribution in [0.4, 0.5) is 13.2 Å². The molecule has 0 saturated carbocycles. The van der Waals surface area contributed by atoms with Crippen LogP contribution in [0, 0.1) is 17.7 Å². The number of pyridine rings is 1. The van der Waals surface area contributed by atoms with Crippen LogP contribution in [0.25, 0.3) is 0 Å². The molecule has 1 aliphatic carbocycles. The first-order chi connectivity index (χ1) is 13.0. The molecule has 0 atom stereocenters. The largest absolute Gasteiger partial charge is 0.433 e. The highest BCUT2D eigenvalue weighted by molar-refractivity contribution is 6.45. The van der Waals surface area contributed by atoms with Crippen molar-refractivity contribution in [2.75, 3.05) is 0 Å². The number of nitrogens with zero attached hydrogens (tertiary/aromatic N) is 1. The highest BCUT2D eigenvalue weighted by Crippen LogP contribution is 2.46. The smallest absolute Gasteiger partial charge is 0.298 e. The van der Waals surface area contributed by atoms with Gasteiger partial charge in [0, 0.05) is 17.7 Å². The summed E-state index contributed by atoms with van der Waals surface area (Å²) in [7, 11) is 0. The zero-order valence-electron chi connectivity index (χ0n) is 17.4. The molecule has 0 aliphatic heterocycles. The molecule has 2 rings (SSSR count). The third kappa shape index (κ3) is 2.98. The number of carbonyl (C=O) groups excluding carboxylic acids is 3. The van der Waals surface area contributed by atoms with Crippen molar-refractivity contribution in [3.05, 3.63) is 39.6 Å². The Labute approximate surface area is 157 Å². The summed E-state index contributed by atoms with van der Waals surface area (Å²) < 4.78 is 62.1. The summed E-state index contributed by atoms with van der Waals surface area (Å²) in [6, 6.07) is -2.47. The molecule has 0 aromatic carbocycles. The van der Waals surface area contributed by atoms with E-state index < -0.39 is 80.9 Å². The number of aromatic nitrogens is 1. The van der Waals surface area contributed by atoms with Crippen LogP contribution in [0.15, 0.2) is 22.7 Å². The average molecular weight is 394 g/mol. The highest BCUT2D eigenvalue weighted by Gasteiger charge is 2.53. The molecule has 1 aromatic rings. The summed E-state index contributed by atoms with van der Waals surface area (Å²) in [6.45, 7) is 4.48. The maximum atomic E-state index is 13.1. The lowest BCUT2D eigenvalue weighted by molar-refractivity contribution is -0.143. The molecule has 0 bridgehead atoms. The molecule has 0 amide bonds. The lowest BCUT2D eigenvalue weighted by Crippen LogP contribution is -2.49. The number of allylic oxidation sites excluding steroid dienone is 2. The number of aryl methyl sites for hydroxylation is 1. The number of hydrogen-bond acceptors (Lipinski definition) is 4. The van der Waals surface area contributed by atoms with Gasteiger partial charge in [-0.05, 0) is 46.7 Å². The molecule has 0 radical (unpaired) electrons. The van der Waals surface area contributed by atoms with Crippen LogP contribution in [-0.2, 0) is 15.8 Å². The molecule has 8 heteroatoms. The van der Waals surface area contributed by atoms with Gasteiger partial charge in [-0.3, -0.25) is 14.4 Å². The first-order valence-electron chi connectivity index (χ1n) is 9.13. The van der Waals surface area contributed by atoms with Crippen LogP contribution in [0.2, 0.25) is 0 Å². The molecule has 0 saturated heterocycles. The van der Waals surface area contributed by atoms with Crippen LogP contribution in [0.3, 0.4) is 0 Å². The van der Waals surface area contributed by atoms with E-state index in [2.05, 4.69) is 4.98 Å². The van der Waals surface area contributed by atoms with Gasteiger partial charge in [-0.25, -0.2) is 4.98 Å². The fourth-order valence-electron chi connectivity index (χ4n) is 2.77. The Balaban J connectivity index is 2.85. The minimum atomic E-state index is -5.06. The molecule has 0 unspecified atom stereocenters. The summed E-state index contributed by atoms with van der Waals surface area (Å²) in [6.07, 6.45) is -5.06. The lowest BCUT2D eigenvalue weighted by atomic mass is 9.63. The standard InChI is InChI=1S/C18H17ClF3NO3/c1-8-9(6-7-10(23-8)18(20,21)22)12(24)11-13(19)16(2,3)15(26)17(4,5)14(11)25/h6-7H,1-5H3/i1T,6T,7T. The normalized spacial score (nSPS) is 21.3. The number of ketones is 3. The van der Waals surface area contributed by atoms with Crippen LogP contribution in [0.5, 0.6) is 0 Å². The maximum Gasteiger partial charge on any atom is 0.433 e. The zero-order chi connectivity index (χ0) is 22.7. The summed E-state index contributed by atoms with van der Waals surface area (Å²) in [5, 5.41) is -0.404. The summed E-state index contributed by atoms with van der Waals surface area (Å²) >= 11 is 6.19. The Hall–Kier alpha value is -2.02. The first kappa shape index (κ1) is 16.2. The van der Waals surface area contributed by atoms with E-state index in [-0.39, 0.29) is 0 Å². The summed E-state index contributed by atoms with van der Waals surface area (Å²) in [5.74, 6) is -2.72.